The lowest BCUT2D eigenvalue weighted by molar-refractivity contribution is 0.0585. The molecule has 9 aromatic heterocycles. The molecule has 482 valence electrons. The predicted molar refractivity (Wildman–Crippen MR) is 351 cm³/mol. The van der Waals surface area contributed by atoms with Gasteiger partial charge in [-0.25, -0.2) is 29.3 Å². The van der Waals surface area contributed by atoms with Crippen LogP contribution in [0.2, 0.25) is 0 Å². The second-order valence-electron chi connectivity index (χ2n) is 23.6. The van der Waals surface area contributed by atoms with Gasteiger partial charge in [-0.3, -0.25) is 9.69 Å². The molecule has 0 aliphatic carbocycles. The van der Waals surface area contributed by atoms with E-state index in [9.17, 15) is 29.4 Å². The van der Waals surface area contributed by atoms with Gasteiger partial charge in [0, 0.05) is 105 Å². The number of nitrogens with zero attached hydrogens (tertiary/aromatic N) is 13. The molecule has 0 fully saturated rings. The summed E-state index contributed by atoms with van der Waals surface area (Å²) in [6, 6.07) is 29.3. The Hall–Kier alpha value is -10.9. The van der Waals surface area contributed by atoms with Gasteiger partial charge in [-0.05, 0) is 95.1 Å². The van der Waals surface area contributed by atoms with Gasteiger partial charge in [-0.1, -0.05) is 24.3 Å². The van der Waals surface area contributed by atoms with Crippen LogP contribution in [-0.4, -0.2) is 156 Å². The third-order valence-corrected chi connectivity index (χ3v) is 15.0. The Balaban J connectivity index is 0.000000144. The number of aromatic carboxylic acids is 2. The van der Waals surface area contributed by atoms with Crippen LogP contribution in [0.15, 0.2) is 128 Å². The molecule has 10 heterocycles. The van der Waals surface area contributed by atoms with Crippen molar-refractivity contribution in [2.45, 2.75) is 84.9 Å². The number of anilines is 3. The van der Waals surface area contributed by atoms with Gasteiger partial charge in [-0.15, -0.1) is 0 Å². The van der Waals surface area contributed by atoms with Crippen LogP contribution in [0.4, 0.5) is 22.2 Å². The number of hydrogen-bond acceptors (Lipinski definition) is 18. The van der Waals surface area contributed by atoms with Crippen LogP contribution in [0.5, 0.6) is 5.75 Å². The third kappa shape index (κ3) is 13.6. The van der Waals surface area contributed by atoms with Gasteiger partial charge < -0.3 is 70.3 Å². The molecule has 3 atom stereocenters. The molecular formula is C65H72N18O10. The van der Waals surface area contributed by atoms with Crippen molar-refractivity contribution in [1.29, 1.82) is 0 Å². The van der Waals surface area contributed by atoms with Crippen molar-refractivity contribution in [1.82, 2.24) is 62.8 Å². The second-order valence-corrected chi connectivity index (χ2v) is 23.6. The van der Waals surface area contributed by atoms with Crippen LogP contribution in [0.25, 0.3) is 67.1 Å². The Kier molecular flexibility index (Phi) is 18.1. The van der Waals surface area contributed by atoms with Gasteiger partial charge >= 0.3 is 18.0 Å². The number of fused-ring (bicyclic) bond motifs is 7. The first kappa shape index (κ1) is 63.6. The number of rotatable bonds is 15. The molecule has 28 heteroatoms. The van der Waals surface area contributed by atoms with Crippen molar-refractivity contribution < 1.29 is 48.3 Å². The monoisotopic (exact) mass is 1260 g/mol. The molecule has 4 bridgehead atoms. The number of benzene rings is 3. The van der Waals surface area contributed by atoms with Crippen LogP contribution < -0.4 is 37.1 Å². The summed E-state index contributed by atoms with van der Waals surface area (Å²) in [7, 11) is 5.11. The van der Waals surface area contributed by atoms with E-state index in [1.165, 1.54) is 33.4 Å². The van der Waals surface area contributed by atoms with E-state index >= 15 is 0 Å². The molecule has 9 N–H and O–H groups in total. The molecule has 0 radical (unpaired) electrons. The molecule has 28 nitrogen and oxygen atoms in total. The molecule has 12 aromatic rings. The van der Waals surface area contributed by atoms with Crippen molar-refractivity contribution in [3.63, 3.8) is 0 Å². The number of aromatic nitrogens is 12. The van der Waals surface area contributed by atoms with Crippen LogP contribution in [0.3, 0.4) is 0 Å². The molecule has 93 heavy (non-hydrogen) atoms. The number of hydrogen-bond donors (Lipinski definition) is 7. The maximum atomic E-state index is 12.8. The van der Waals surface area contributed by atoms with Gasteiger partial charge in [0.1, 0.15) is 62.9 Å². The maximum Gasteiger partial charge on any atom is 0.415 e. The Morgan fingerprint density at radius 1 is 0.667 bits per heavy atom. The highest BCUT2D eigenvalue weighted by Crippen LogP contribution is 2.31. The fraction of sp³-hybridized carbons (Fsp3) is 0.292. The normalized spacial score (nSPS) is 13.9. The van der Waals surface area contributed by atoms with Crippen molar-refractivity contribution in [2.75, 3.05) is 56.5 Å². The van der Waals surface area contributed by atoms with Gasteiger partial charge in [0.05, 0.1) is 68.2 Å². The number of carboxylic acids is 2. The van der Waals surface area contributed by atoms with E-state index in [1.807, 2.05) is 145 Å². The number of carbonyl (C=O) groups excluding carboxylic acids is 2. The van der Waals surface area contributed by atoms with E-state index < -0.39 is 23.6 Å². The molecule has 1 aliphatic rings. The first-order valence-corrected chi connectivity index (χ1v) is 29.9. The molecule has 3 aromatic carbocycles. The van der Waals surface area contributed by atoms with Crippen molar-refractivity contribution >= 4 is 91.0 Å². The fourth-order valence-corrected chi connectivity index (χ4v) is 10.5. The Labute approximate surface area is 532 Å². The van der Waals surface area contributed by atoms with Crippen LogP contribution in [0, 0.1) is 0 Å². The number of nitrogens with two attached hydrogens (primary N) is 2. The zero-order chi connectivity index (χ0) is 66.0. The van der Waals surface area contributed by atoms with E-state index in [0.717, 1.165) is 55.4 Å². The maximum absolute atomic E-state index is 12.8. The minimum atomic E-state index is -1.17. The molecule has 13 rings (SSSR count). The molecule has 2 amide bonds. The average molecular weight is 1270 g/mol. The van der Waals surface area contributed by atoms with Gasteiger partial charge in [-0.2, -0.15) is 28.8 Å². The molecule has 0 saturated heterocycles. The van der Waals surface area contributed by atoms with Gasteiger partial charge in [0.15, 0.2) is 16.9 Å². The summed E-state index contributed by atoms with van der Waals surface area (Å²) in [5.41, 5.74) is 16.8. The molecule has 0 saturated carbocycles. The summed E-state index contributed by atoms with van der Waals surface area (Å²) >= 11 is 0. The zero-order valence-corrected chi connectivity index (χ0v) is 52.7. The molecule has 0 spiro atoms. The average Bonchev–Trinajstić information content (AvgIpc) is 1.64. The number of carboxylic acid groups (broad SMARTS) is 2. The number of amides is 2. The minimum Gasteiger partial charge on any atom is -0.493 e. The first-order valence-electron chi connectivity index (χ1n) is 29.9. The van der Waals surface area contributed by atoms with Crippen molar-refractivity contribution in [2.24, 2.45) is 11.5 Å². The Bertz CT molecular complexity index is 4780. The largest absolute Gasteiger partial charge is 0.493 e. The van der Waals surface area contributed by atoms with Crippen LogP contribution in [0.1, 0.15) is 90.2 Å². The van der Waals surface area contributed by atoms with E-state index in [2.05, 4.69) is 41.2 Å². The zero-order valence-electron chi connectivity index (χ0n) is 52.7. The van der Waals surface area contributed by atoms with E-state index in [-0.39, 0.29) is 46.5 Å². The van der Waals surface area contributed by atoms with Crippen LogP contribution in [-0.2, 0) is 27.4 Å². The third-order valence-electron chi connectivity index (χ3n) is 15.0. The SMILES string of the molecule is CNc1cc(-n2ccc3ccc(COC[C@@H](C)N)cc32)nc2c(C(=O)O)cnn12.CNc1cc2nc3c(cnn13)C(=O)N[C@H](C)CCOc1ccc3ccn-2c3c1.C[C@@H](N)COCc1ccc2ccn(-c3cc(N(C)C(=O)OC(C)(C)C)n4ncc(C(=O)O)c4n3)c2c1. The van der Waals surface area contributed by atoms with Gasteiger partial charge in [0.2, 0.25) is 0 Å². The van der Waals surface area contributed by atoms with E-state index in [1.54, 1.807) is 44.6 Å². The van der Waals surface area contributed by atoms with Crippen LogP contribution >= 0.6 is 0 Å². The van der Waals surface area contributed by atoms with Crippen molar-refractivity contribution in [3.05, 3.63) is 156 Å². The predicted octanol–water partition coefficient (Wildman–Crippen LogP) is 8.50. The molecular weight excluding hydrogens is 1190 g/mol. The lowest BCUT2D eigenvalue weighted by Gasteiger charge is -2.25. The highest BCUT2D eigenvalue weighted by molar-refractivity contribution is 6.00. The summed E-state index contributed by atoms with van der Waals surface area (Å²) in [6.45, 7) is 13.4. The Morgan fingerprint density at radius 3 is 1.63 bits per heavy atom. The highest BCUT2D eigenvalue weighted by Gasteiger charge is 2.27. The summed E-state index contributed by atoms with van der Waals surface area (Å²) in [6.07, 6.45) is 9.87. The van der Waals surface area contributed by atoms with Gasteiger partial charge in [0.25, 0.3) is 5.91 Å². The highest BCUT2D eigenvalue weighted by atomic mass is 16.6. The summed E-state index contributed by atoms with van der Waals surface area (Å²) in [5.74, 6) is 1.74. The minimum absolute atomic E-state index is 0.0161. The van der Waals surface area contributed by atoms with E-state index in [0.29, 0.717) is 79.8 Å². The molecule has 1 aliphatic heterocycles. The van der Waals surface area contributed by atoms with E-state index in [4.69, 9.17) is 35.4 Å². The topological polar surface area (TPSA) is 342 Å². The summed E-state index contributed by atoms with van der Waals surface area (Å²) in [5, 5.41) is 44.1. The smallest absolute Gasteiger partial charge is 0.415 e. The molecule has 0 unspecified atom stereocenters. The first-order chi connectivity index (χ1) is 44.6. The number of carbonyl (C=O) groups is 4. The quantitative estimate of drug-likeness (QED) is 0.0505. The number of ether oxygens (including phenoxy) is 4. The standard InChI is InChI=1S/C25H30N6O5.C20H22N6O3.C20H20N6O2/c1-15(26)13-35-14-16-6-7-17-8-9-30(19(17)10-16)20-11-21(29(5)24(34)36-25(2,3)4)31-22(28-20)18(12-27-31)23(32)33;1-12(21)10-29-11-13-3-4-14-5-6-25(16(14)7-13)18-8-17(22-2)26-19(24-18)15(9-23-26)20(27)28;1-12-6-8-28-14-4-3-13-5-7-25(16(13)9-14)18-10-17(21-2)26-19(24-18)15(11-22-26)20(27)23-12/h6-12,15H,13-14,26H2,1-5H3,(H,32,33);3-9,12,22H,10-11,21H2,1-2H3,(H,27,28);3-5,7,9-12,21H,6,8H2,1-2H3,(H,23,27)/t15-;2*12-/m111/s1. The van der Waals surface area contributed by atoms with Crippen molar-refractivity contribution in [3.8, 4) is 23.2 Å². The summed E-state index contributed by atoms with van der Waals surface area (Å²) in [4.78, 5) is 64.2. The summed E-state index contributed by atoms with van der Waals surface area (Å²) < 4.78 is 32.9. The fourth-order valence-electron chi connectivity index (χ4n) is 10.5. The second kappa shape index (κ2) is 26.5. The lowest BCUT2D eigenvalue weighted by atomic mass is 10.2. The number of nitrogens with one attached hydrogen (secondary N) is 3. The lowest BCUT2D eigenvalue weighted by Crippen LogP contribution is -2.35. The Morgan fingerprint density at radius 2 is 1.13 bits per heavy atom.